The van der Waals surface area contributed by atoms with E-state index in [1.165, 1.54) is 9.25 Å². The number of sulfonamides is 1. The van der Waals surface area contributed by atoms with Crippen LogP contribution >= 0.6 is 0 Å². The standard InChI is InChI=1S/C14H20N4O3S/c1-3-11-22(20,21)15-9-10-18-14(19)17(2)13(16-18)12-7-5-4-6-8-12/h4-8,15H,3,9-11H2,1-2H3. The summed E-state index contributed by atoms with van der Waals surface area (Å²) in [7, 11) is -1.62. The zero-order valence-electron chi connectivity index (χ0n) is 12.7. The molecule has 0 unspecified atom stereocenters. The van der Waals surface area contributed by atoms with Crippen molar-refractivity contribution >= 4 is 10.0 Å². The molecular formula is C14H20N4O3S. The Morgan fingerprint density at radius 3 is 2.55 bits per heavy atom. The molecule has 1 heterocycles. The minimum atomic E-state index is -3.27. The zero-order chi connectivity index (χ0) is 16.2. The third-order valence-electron chi connectivity index (χ3n) is 3.19. The maximum Gasteiger partial charge on any atom is 0.345 e. The molecule has 0 fully saturated rings. The first-order valence-corrected chi connectivity index (χ1v) is 8.76. The SMILES string of the molecule is CCCS(=O)(=O)NCCn1nc(-c2ccccc2)n(C)c1=O. The van der Waals surface area contributed by atoms with Gasteiger partial charge in [-0.25, -0.2) is 22.6 Å². The number of nitrogens with zero attached hydrogens (tertiary/aromatic N) is 3. The molecule has 2 aromatic rings. The number of benzene rings is 1. The third kappa shape index (κ3) is 3.83. The van der Waals surface area contributed by atoms with E-state index < -0.39 is 10.0 Å². The van der Waals surface area contributed by atoms with Crippen LogP contribution in [0.3, 0.4) is 0 Å². The van der Waals surface area contributed by atoms with Gasteiger partial charge < -0.3 is 0 Å². The molecule has 0 spiro atoms. The number of rotatable bonds is 7. The van der Waals surface area contributed by atoms with Crippen molar-refractivity contribution in [3.63, 3.8) is 0 Å². The number of hydrogen-bond acceptors (Lipinski definition) is 4. The van der Waals surface area contributed by atoms with Crippen molar-refractivity contribution in [2.75, 3.05) is 12.3 Å². The van der Waals surface area contributed by atoms with Gasteiger partial charge in [0.2, 0.25) is 10.0 Å². The Morgan fingerprint density at radius 2 is 1.91 bits per heavy atom. The number of hydrogen-bond donors (Lipinski definition) is 1. The van der Waals surface area contributed by atoms with E-state index in [0.717, 1.165) is 5.56 Å². The summed E-state index contributed by atoms with van der Waals surface area (Å²) in [6.07, 6.45) is 0.553. The first-order valence-electron chi connectivity index (χ1n) is 7.11. The van der Waals surface area contributed by atoms with Gasteiger partial charge in [-0.05, 0) is 6.42 Å². The molecule has 0 saturated heterocycles. The molecule has 0 bridgehead atoms. The predicted octanol–water partition coefficient (Wildman–Crippen LogP) is 0.578. The van der Waals surface area contributed by atoms with E-state index in [1.54, 1.807) is 14.0 Å². The molecule has 0 radical (unpaired) electrons. The van der Waals surface area contributed by atoms with E-state index in [4.69, 9.17) is 0 Å². The quantitative estimate of drug-likeness (QED) is 0.807. The van der Waals surface area contributed by atoms with Gasteiger partial charge in [0.1, 0.15) is 0 Å². The fourth-order valence-corrected chi connectivity index (χ4v) is 3.20. The van der Waals surface area contributed by atoms with E-state index in [-0.39, 0.29) is 24.5 Å². The van der Waals surface area contributed by atoms with Crippen LogP contribution in [0.5, 0.6) is 0 Å². The van der Waals surface area contributed by atoms with Crippen LogP contribution in [0, 0.1) is 0 Å². The maximum atomic E-state index is 12.1. The van der Waals surface area contributed by atoms with Gasteiger partial charge in [-0.1, -0.05) is 37.3 Å². The van der Waals surface area contributed by atoms with Gasteiger partial charge in [-0.2, -0.15) is 0 Å². The lowest BCUT2D eigenvalue weighted by molar-refractivity contribution is 0.550. The van der Waals surface area contributed by atoms with E-state index in [1.807, 2.05) is 30.3 Å². The largest absolute Gasteiger partial charge is 0.345 e. The lowest BCUT2D eigenvalue weighted by Crippen LogP contribution is -2.32. The summed E-state index contributed by atoms with van der Waals surface area (Å²) in [5.74, 6) is 0.640. The Hall–Kier alpha value is -1.93. The Morgan fingerprint density at radius 1 is 1.23 bits per heavy atom. The van der Waals surface area contributed by atoms with Gasteiger partial charge >= 0.3 is 5.69 Å². The zero-order valence-corrected chi connectivity index (χ0v) is 13.5. The lowest BCUT2D eigenvalue weighted by atomic mass is 10.2. The summed E-state index contributed by atoms with van der Waals surface area (Å²) in [4.78, 5) is 12.1. The molecule has 1 aromatic heterocycles. The van der Waals surface area contributed by atoms with Gasteiger partial charge in [0, 0.05) is 19.2 Å². The third-order valence-corrected chi connectivity index (χ3v) is 4.78. The topological polar surface area (TPSA) is 86.0 Å². The lowest BCUT2D eigenvalue weighted by Gasteiger charge is -2.04. The van der Waals surface area contributed by atoms with Gasteiger partial charge in [0.05, 0.1) is 12.3 Å². The molecule has 7 nitrogen and oxygen atoms in total. The summed E-state index contributed by atoms with van der Waals surface area (Å²) in [6, 6.07) is 9.38. The minimum Gasteiger partial charge on any atom is -0.278 e. The normalized spacial score (nSPS) is 11.7. The molecule has 2 rings (SSSR count). The average molecular weight is 324 g/mol. The van der Waals surface area contributed by atoms with E-state index in [0.29, 0.717) is 12.2 Å². The Balaban J connectivity index is 2.12. The van der Waals surface area contributed by atoms with Crippen LogP contribution in [-0.2, 0) is 23.6 Å². The van der Waals surface area contributed by atoms with Crippen molar-refractivity contribution in [2.45, 2.75) is 19.9 Å². The second kappa shape index (κ2) is 6.89. The van der Waals surface area contributed by atoms with Crippen molar-refractivity contribution in [2.24, 2.45) is 7.05 Å². The van der Waals surface area contributed by atoms with E-state index in [2.05, 4.69) is 9.82 Å². The molecule has 0 aliphatic heterocycles. The van der Waals surface area contributed by atoms with Crippen LogP contribution in [0.4, 0.5) is 0 Å². The summed E-state index contributed by atoms with van der Waals surface area (Å²) in [5, 5.41) is 4.28. The minimum absolute atomic E-state index is 0.0827. The fourth-order valence-electron chi connectivity index (χ4n) is 2.12. The molecular weight excluding hydrogens is 304 g/mol. The van der Waals surface area contributed by atoms with Crippen molar-refractivity contribution < 1.29 is 8.42 Å². The van der Waals surface area contributed by atoms with Gasteiger partial charge in [0.15, 0.2) is 5.82 Å². The molecule has 0 aliphatic carbocycles. The van der Waals surface area contributed by atoms with E-state index in [9.17, 15) is 13.2 Å². The average Bonchev–Trinajstić information content (AvgIpc) is 2.76. The molecule has 1 aromatic carbocycles. The Kier molecular flexibility index (Phi) is 5.15. The monoisotopic (exact) mass is 324 g/mol. The molecule has 0 amide bonds. The highest BCUT2D eigenvalue weighted by atomic mass is 32.2. The van der Waals surface area contributed by atoms with Crippen molar-refractivity contribution in [1.82, 2.24) is 19.1 Å². The molecule has 0 aliphatic rings. The first-order chi connectivity index (χ1) is 10.4. The Labute approximate surface area is 129 Å². The molecule has 0 saturated carbocycles. The number of aromatic nitrogens is 3. The van der Waals surface area contributed by atoms with Crippen molar-refractivity contribution in [3.05, 3.63) is 40.8 Å². The fraction of sp³-hybridized carbons (Fsp3) is 0.429. The smallest absolute Gasteiger partial charge is 0.278 e. The van der Waals surface area contributed by atoms with E-state index >= 15 is 0 Å². The van der Waals surface area contributed by atoms with Crippen molar-refractivity contribution in [3.8, 4) is 11.4 Å². The molecule has 120 valence electrons. The predicted molar refractivity (Wildman–Crippen MR) is 85.0 cm³/mol. The van der Waals surface area contributed by atoms with Gasteiger partial charge in [-0.15, -0.1) is 5.10 Å². The highest BCUT2D eigenvalue weighted by Crippen LogP contribution is 2.13. The second-order valence-corrected chi connectivity index (χ2v) is 6.89. The Bertz CT molecular complexity index is 778. The van der Waals surface area contributed by atoms with Gasteiger partial charge in [0.25, 0.3) is 0 Å². The summed E-state index contributed by atoms with van der Waals surface area (Å²) >= 11 is 0. The highest BCUT2D eigenvalue weighted by molar-refractivity contribution is 7.89. The van der Waals surface area contributed by atoms with Crippen molar-refractivity contribution in [1.29, 1.82) is 0 Å². The van der Waals surface area contributed by atoms with Crippen LogP contribution in [-0.4, -0.2) is 35.1 Å². The highest BCUT2D eigenvalue weighted by Gasteiger charge is 2.13. The van der Waals surface area contributed by atoms with Crippen LogP contribution in [0.2, 0.25) is 0 Å². The summed E-state index contributed by atoms with van der Waals surface area (Å²) < 4.78 is 28.3. The van der Waals surface area contributed by atoms with Crippen LogP contribution in [0.25, 0.3) is 11.4 Å². The molecule has 0 atom stereocenters. The number of nitrogens with one attached hydrogen (secondary N) is 1. The molecule has 1 N–H and O–H groups in total. The summed E-state index contributed by atoms with van der Waals surface area (Å²) in [6.45, 7) is 2.14. The first kappa shape index (κ1) is 16.4. The molecule has 8 heteroatoms. The second-order valence-electron chi connectivity index (χ2n) is 4.97. The van der Waals surface area contributed by atoms with Crippen LogP contribution in [0.15, 0.2) is 35.1 Å². The summed E-state index contributed by atoms with van der Waals surface area (Å²) in [5.41, 5.74) is 0.570. The van der Waals surface area contributed by atoms with Crippen LogP contribution < -0.4 is 10.4 Å². The van der Waals surface area contributed by atoms with Crippen LogP contribution in [0.1, 0.15) is 13.3 Å². The molecule has 22 heavy (non-hydrogen) atoms. The maximum absolute atomic E-state index is 12.1. The van der Waals surface area contributed by atoms with Gasteiger partial charge in [-0.3, -0.25) is 4.57 Å².